The summed E-state index contributed by atoms with van der Waals surface area (Å²) in [6.45, 7) is 4.81. The minimum atomic E-state index is -0.0949. The molecule has 6 nitrogen and oxygen atoms in total. The van der Waals surface area contributed by atoms with Crippen molar-refractivity contribution in [3.05, 3.63) is 17.5 Å². The molecule has 0 unspecified atom stereocenters. The zero-order chi connectivity index (χ0) is 15.9. The van der Waals surface area contributed by atoms with Crippen LogP contribution in [0.15, 0.2) is 10.6 Å². The van der Waals surface area contributed by atoms with E-state index in [1.165, 1.54) is 12.8 Å². The predicted octanol–water partition coefficient (Wildman–Crippen LogP) is 2.17. The number of likely N-dealkylation sites (tertiary alicyclic amines) is 1. The smallest absolute Gasteiger partial charge is 0.292 e. The predicted molar refractivity (Wildman–Crippen MR) is 82.1 cm³/mol. The monoisotopic (exact) mass is 320 g/mol. The number of hydrogen-bond donors (Lipinski definition) is 0. The van der Waals surface area contributed by atoms with Gasteiger partial charge >= 0.3 is 0 Å². The Kier molecular flexibility index (Phi) is 3.89. The molecule has 4 rings (SSSR count). The molecule has 1 atom stereocenters. The molecule has 1 aliphatic carbocycles. The Bertz CT molecular complexity index is 573. The van der Waals surface area contributed by atoms with Gasteiger partial charge in [-0.05, 0) is 38.5 Å². The Hall–Kier alpha value is -1.40. The Morgan fingerprint density at radius 3 is 2.87 bits per heavy atom. The highest BCUT2D eigenvalue weighted by molar-refractivity contribution is 5.91. The lowest BCUT2D eigenvalue weighted by Gasteiger charge is -2.38. The highest BCUT2D eigenvalue weighted by Gasteiger charge is 2.44. The van der Waals surface area contributed by atoms with Gasteiger partial charge in [0, 0.05) is 32.2 Å². The molecule has 1 amide bonds. The summed E-state index contributed by atoms with van der Waals surface area (Å²) in [6.07, 6.45) is 5.57. The van der Waals surface area contributed by atoms with Crippen molar-refractivity contribution in [3.63, 3.8) is 0 Å². The van der Waals surface area contributed by atoms with Crippen LogP contribution in [-0.2, 0) is 9.47 Å². The third-order valence-corrected chi connectivity index (χ3v) is 5.24. The van der Waals surface area contributed by atoms with Crippen molar-refractivity contribution in [2.75, 3.05) is 26.3 Å². The Morgan fingerprint density at radius 2 is 2.22 bits per heavy atom. The number of carbonyl (C=O) groups is 1. The highest BCUT2D eigenvalue weighted by atomic mass is 16.6. The van der Waals surface area contributed by atoms with Crippen LogP contribution in [0.25, 0.3) is 0 Å². The molecule has 1 aromatic heterocycles. The second kappa shape index (κ2) is 5.91. The first-order valence-corrected chi connectivity index (χ1v) is 8.62. The first kappa shape index (κ1) is 15.1. The molecule has 1 aromatic rings. The van der Waals surface area contributed by atoms with Gasteiger partial charge in [0.15, 0.2) is 0 Å². The van der Waals surface area contributed by atoms with Gasteiger partial charge in [0.2, 0.25) is 5.76 Å². The zero-order valence-corrected chi connectivity index (χ0v) is 13.6. The molecule has 0 N–H and O–H groups in total. The van der Waals surface area contributed by atoms with Crippen molar-refractivity contribution in [2.45, 2.75) is 50.7 Å². The number of rotatable bonds is 4. The van der Waals surface area contributed by atoms with Gasteiger partial charge in [0.1, 0.15) is 0 Å². The molecule has 126 valence electrons. The maximum absolute atomic E-state index is 12.4. The molecule has 2 saturated heterocycles. The van der Waals surface area contributed by atoms with E-state index in [1.807, 2.05) is 11.8 Å². The van der Waals surface area contributed by atoms with Gasteiger partial charge in [0.25, 0.3) is 5.91 Å². The molecular weight excluding hydrogens is 296 g/mol. The fourth-order valence-electron chi connectivity index (χ4n) is 3.55. The zero-order valence-electron chi connectivity index (χ0n) is 13.6. The van der Waals surface area contributed by atoms with E-state index >= 15 is 0 Å². The third-order valence-electron chi connectivity index (χ3n) is 5.24. The molecule has 6 heteroatoms. The number of ether oxygens (including phenoxy) is 2. The maximum Gasteiger partial charge on any atom is 0.292 e. The summed E-state index contributed by atoms with van der Waals surface area (Å²) in [5.74, 6) is 1.05. The summed E-state index contributed by atoms with van der Waals surface area (Å²) >= 11 is 0. The fourth-order valence-corrected chi connectivity index (χ4v) is 3.55. The van der Waals surface area contributed by atoms with Crippen molar-refractivity contribution >= 4 is 5.91 Å². The van der Waals surface area contributed by atoms with E-state index in [4.69, 9.17) is 14.0 Å². The van der Waals surface area contributed by atoms with Gasteiger partial charge in [-0.25, -0.2) is 0 Å². The topological polar surface area (TPSA) is 64.8 Å². The van der Waals surface area contributed by atoms with Crippen LogP contribution in [0.5, 0.6) is 0 Å². The SMILES string of the molecule is Cc1cc(C(=O)N2CCC3(CC2)C[C@@H](OCC2CC2)CO3)on1. The van der Waals surface area contributed by atoms with Crippen LogP contribution in [-0.4, -0.2) is 54.0 Å². The van der Waals surface area contributed by atoms with E-state index in [-0.39, 0.29) is 17.6 Å². The second-order valence-corrected chi connectivity index (χ2v) is 7.22. The van der Waals surface area contributed by atoms with Crippen LogP contribution in [0, 0.1) is 12.8 Å². The standard InChI is InChI=1S/C17H24N2O4/c1-12-8-15(23-18-12)16(20)19-6-4-17(5-7-19)9-14(11-22-17)21-10-13-2-3-13/h8,13-14H,2-7,9-11H2,1H3/t14-/m1/s1. The molecule has 23 heavy (non-hydrogen) atoms. The molecule has 1 spiro atoms. The summed E-state index contributed by atoms with van der Waals surface area (Å²) in [5, 5.41) is 3.79. The lowest BCUT2D eigenvalue weighted by Crippen LogP contribution is -2.46. The number of nitrogens with zero attached hydrogens (tertiary/aromatic N) is 2. The Morgan fingerprint density at radius 1 is 1.43 bits per heavy atom. The minimum Gasteiger partial charge on any atom is -0.375 e. The fraction of sp³-hybridized carbons (Fsp3) is 0.765. The number of aryl methyl sites for hydroxylation is 1. The van der Waals surface area contributed by atoms with Gasteiger partial charge in [-0.15, -0.1) is 0 Å². The van der Waals surface area contributed by atoms with Crippen molar-refractivity contribution in [1.82, 2.24) is 10.1 Å². The molecular formula is C17H24N2O4. The maximum atomic E-state index is 12.4. The molecule has 0 radical (unpaired) electrons. The highest BCUT2D eigenvalue weighted by Crippen LogP contribution is 2.38. The summed E-state index contributed by atoms with van der Waals surface area (Å²) in [6, 6.07) is 1.69. The number of aromatic nitrogens is 1. The average molecular weight is 320 g/mol. The summed E-state index contributed by atoms with van der Waals surface area (Å²) < 4.78 is 17.1. The van der Waals surface area contributed by atoms with E-state index < -0.39 is 0 Å². The number of carbonyl (C=O) groups excluding carboxylic acids is 1. The van der Waals surface area contributed by atoms with Gasteiger partial charge in [0.05, 0.1) is 24.0 Å². The summed E-state index contributed by atoms with van der Waals surface area (Å²) in [7, 11) is 0. The largest absolute Gasteiger partial charge is 0.375 e. The number of amides is 1. The minimum absolute atomic E-state index is 0.0695. The summed E-state index contributed by atoms with van der Waals surface area (Å²) in [4.78, 5) is 14.2. The average Bonchev–Trinajstić information content (AvgIpc) is 3.17. The molecule has 3 fully saturated rings. The van der Waals surface area contributed by atoms with Crippen LogP contribution in [0.4, 0.5) is 0 Å². The molecule has 1 saturated carbocycles. The first-order valence-electron chi connectivity index (χ1n) is 8.62. The van der Waals surface area contributed by atoms with Crippen molar-refractivity contribution in [1.29, 1.82) is 0 Å². The molecule has 0 aromatic carbocycles. The van der Waals surface area contributed by atoms with Crippen LogP contribution in [0.3, 0.4) is 0 Å². The van der Waals surface area contributed by atoms with E-state index in [0.717, 1.165) is 37.5 Å². The quantitative estimate of drug-likeness (QED) is 0.851. The van der Waals surface area contributed by atoms with Crippen LogP contribution < -0.4 is 0 Å². The van der Waals surface area contributed by atoms with E-state index in [9.17, 15) is 4.79 Å². The molecule has 3 aliphatic rings. The van der Waals surface area contributed by atoms with Gasteiger partial charge in [-0.2, -0.15) is 0 Å². The van der Waals surface area contributed by atoms with Crippen molar-refractivity contribution < 1.29 is 18.8 Å². The Labute approximate surface area is 136 Å². The molecule has 2 aliphatic heterocycles. The van der Waals surface area contributed by atoms with Crippen LogP contribution in [0.1, 0.15) is 48.4 Å². The normalized spacial score (nSPS) is 26.8. The second-order valence-electron chi connectivity index (χ2n) is 7.22. The van der Waals surface area contributed by atoms with Gasteiger partial charge in [-0.3, -0.25) is 4.79 Å². The molecule has 0 bridgehead atoms. The van der Waals surface area contributed by atoms with Crippen molar-refractivity contribution in [3.8, 4) is 0 Å². The molecule has 3 heterocycles. The van der Waals surface area contributed by atoms with E-state index in [2.05, 4.69) is 5.16 Å². The lowest BCUT2D eigenvalue weighted by molar-refractivity contribution is -0.0415. The number of piperidine rings is 1. The van der Waals surface area contributed by atoms with Gasteiger partial charge < -0.3 is 18.9 Å². The van der Waals surface area contributed by atoms with E-state index in [0.29, 0.717) is 25.5 Å². The lowest BCUT2D eigenvalue weighted by atomic mass is 9.88. The Balaban J connectivity index is 1.29. The van der Waals surface area contributed by atoms with Crippen LogP contribution in [0.2, 0.25) is 0 Å². The van der Waals surface area contributed by atoms with Crippen LogP contribution >= 0.6 is 0 Å². The van der Waals surface area contributed by atoms with E-state index in [1.54, 1.807) is 6.07 Å². The number of hydrogen-bond acceptors (Lipinski definition) is 5. The third kappa shape index (κ3) is 3.28. The summed E-state index contributed by atoms with van der Waals surface area (Å²) in [5.41, 5.74) is 0.638. The van der Waals surface area contributed by atoms with Crippen molar-refractivity contribution in [2.24, 2.45) is 5.92 Å². The first-order chi connectivity index (χ1) is 11.1. The van der Waals surface area contributed by atoms with Gasteiger partial charge in [-0.1, -0.05) is 5.16 Å².